The number of amides is 2. The maximum Gasteiger partial charge on any atom is 0.328 e. The average molecular weight is 545 g/mol. The quantitative estimate of drug-likeness (QED) is 0.213. The number of fused-ring (bicyclic) bond motifs is 1. The molecule has 4 rings (SSSR count). The van der Waals surface area contributed by atoms with Crippen molar-refractivity contribution >= 4 is 40.5 Å². The summed E-state index contributed by atoms with van der Waals surface area (Å²) in [5, 5.41) is 23.7. The van der Waals surface area contributed by atoms with Crippen molar-refractivity contribution in [2.75, 3.05) is 32.7 Å². The summed E-state index contributed by atoms with van der Waals surface area (Å²) < 4.78 is 15.4. The number of nitrogens with one attached hydrogen (secondary N) is 2. The Kier molecular flexibility index (Phi) is 10.7. The van der Waals surface area contributed by atoms with Crippen LogP contribution in [0.1, 0.15) is 18.4 Å². The summed E-state index contributed by atoms with van der Waals surface area (Å²) in [6.45, 7) is 4.02. The maximum atomic E-state index is 13.3. The average Bonchev–Trinajstić information content (AvgIpc) is 3.45. The van der Waals surface area contributed by atoms with Gasteiger partial charge in [-0.05, 0) is 73.8 Å². The number of rotatable bonds is 11. The van der Waals surface area contributed by atoms with E-state index in [9.17, 15) is 18.8 Å². The number of carboxylic acid groups (broad SMARTS) is 2. The molecule has 2 amide bonds. The van der Waals surface area contributed by atoms with E-state index in [2.05, 4.69) is 21.4 Å². The Balaban J connectivity index is 0.000000436. The van der Waals surface area contributed by atoms with E-state index in [1.807, 2.05) is 23.1 Å². The van der Waals surface area contributed by atoms with E-state index in [0.717, 1.165) is 68.6 Å². The Morgan fingerprint density at radius 3 is 2.39 bits per heavy atom. The molecular weight excluding hydrogens is 515 g/mol. The number of aliphatic carboxylic acids is 2. The molecule has 0 radical (unpaired) electrons. The highest BCUT2D eigenvalue weighted by Crippen LogP contribution is 2.28. The van der Waals surface area contributed by atoms with E-state index in [0.29, 0.717) is 17.2 Å². The van der Waals surface area contributed by atoms with Crippen molar-refractivity contribution < 1.29 is 29.0 Å². The zero-order valence-electron chi connectivity index (χ0n) is 20.7. The zero-order valence-corrected chi connectivity index (χ0v) is 21.5. The van der Waals surface area contributed by atoms with Crippen LogP contribution >= 0.6 is 11.6 Å². The third-order valence-electron chi connectivity index (χ3n) is 5.88. The van der Waals surface area contributed by atoms with E-state index in [1.165, 1.54) is 17.7 Å². The largest absolute Gasteiger partial charge is 0.478 e. The molecule has 0 aliphatic carbocycles. The summed E-state index contributed by atoms with van der Waals surface area (Å²) in [6.07, 6.45) is 6.29. The lowest BCUT2D eigenvalue weighted by atomic mass is 10.1. The molecule has 1 aliphatic heterocycles. The van der Waals surface area contributed by atoms with Gasteiger partial charge in [0.25, 0.3) is 0 Å². The minimum absolute atomic E-state index is 0.0352. The lowest BCUT2D eigenvalue weighted by Crippen LogP contribution is -2.34. The van der Waals surface area contributed by atoms with Crippen molar-refractivity contribution in [3.63, 3.8) is 0 Å². The second-order valence-corrected chi connectivity index (χ2v) is 9.03. The summed E-state index contributed by atoms with van der Waals surface area (Å²) in [6, 6.07) is 12.5. The second-order valence-electron chi connectivity index (χ2n) is 8.60. The first-order chi connectivity index (χ1) is 18.2. The molecule has 1 saturated heterocycles. The molecular formula is C27H30ClFN4O5. The van der Waals surface area contributed by atoms with Crippen LogP contribution in [0.15, 0.2) is 60.8 Å². The van der Waals surface area contributed by atoms with Gasteiger partial charge in [0, 0.05) is 60.6 Å². The molecule has 38 heavy (non-hydrogen) atoms. The maximum absolute atomic E-state index is 13.3. The summed E-state index contributed by atoms with van der Waals surface area (Å²) in [7, 11) is 0. The molecule has 0 saturated carbocycles. The fourth-order valence-corrected chi connectivity index (χ4v) is 4.23. The second kappa shape index (κ2) is 14.2. The van der Waals surface area contributed by atoms with Gasteiger partial charge in [0.2, 0.25) is 0 Å². The Morgan fingerprint density at radius 1 is 1.05 bits per heavy atom. The van der Waals surface area contributed by atoms with Crippen LogP contribution in [-0.2, 0) is 16.0 Å². The molecule has 0 spiro atoms. The first kappa shape index (κ1) is 28.7. The SMILES string of the molecule is O=C(O)C=CC(=O)O.O=C1NCCN1CCNCCCCc1cn(-c2ccc(F)cc2)c2ccc(Cl)cc12. The van der Waals surface area contributed by atoms with E-state index in [4.69, 9.17) is 21.8 Å². The fourth-order valence-electron chi connectivity index (χ4n) is 4.06. The number of urea groups is 1. The lowest BCUT2D eigenvalue weighted by Gasteiger charge is -2.14. The van der Waals surface area contributed by atoms with Gasteiger partial charge in [-0.25, -0.2) is 18.8 Å². The van der Waals surface area contributed by atoms with Gasteiger partial charge in [0.1, 0.15) is 5.82 Å². The highest BCUT2D eigenvalue weighted by Gasteiger charge is 2.18. The van der Waals surface area contributed by atoms with Gasteiger partial charge >= 0.3 is 18.0 Å². The molecule has 3 aromatic rings. The lowest BCUT2D eigenvalue weighted by molar-refractivity contribution is -0.134. The van der Waals surface area contributed by atoms with Crippen LogP contribution in [0, 0.1) is 5.82 Å². The van der Waals surface area contributed by atoms with E-state index in [-0.39, 0.29) is 11.8 Å². The van der Waals surface area contributed by atoms with Crippen molar-refractivity contribution in [3.8, 4) is 5.69 Å². The van der Waals surface area contributed by atoms with E-state index >= 15 is 0 Å². The molecule has 11 heteroatoms. The summed E-state index contributed by atoms with van der Waals surface area (Å²) in [5.74, 6) is -2.75. The van der Waals surface area contributed by atoms with Crippen molar-refractivity contribution in [2.45, 2.75) is 19.3 Å². The smallest absolute Gasteiger partial charge is 0.328 e. The molecule has 0 bridgehead atoms. The number of carboxylic acids is 2. The molecule has 4 N–H and O–H groups in total. The molecule has 1 aromatic heterocycles. The standard InChI is InChI=1S/C23H26ClFN4O.C4H4O4/c24-18-4-9-22-21(15-18)17(16-29(22)20-7-5-19(25)6-8-20)3-1-2-10-26-11-13-28-14-12-27-23(28)30;5-3(6)1-2-4(7)8/h4-9,15-16,26H,1-3,10-14H2,(H,27,30);1-2H,(H,5,6)(H,7,8). The highest BCUT2D eigenvalue weighted by atomic mass is 35.5. The van der Waals surface area contributed by atoms with Crippen LogP contribution in [0.3, 0.4) is 0 Å². The van der Waals surface area contributed by atoms with Crippen LogP contribution in [-0.4, -0.2) is 70.4 Å². The Hall–Kier alpha value is -3.89. The zero-order chi connectivity index (χ0) is 27.5. The van der Waals surface area contributed by atoms with Crippen LogP contribution < -0.4 is 10.6 Å². The van der Waals surface area contributed by atoms with Gasteiger partial charge in [-0.2, -0.15) is 0 Å². The third kappa shape index (κ3) is 8.60. The summed E-state index contributed by atoms with van der Waals surface area (Å²) in [5.41, 5.74) is 3.25. The third-order valence-corrected chi connectivity index (χ3v) is 6.11. The minimum atomic E-state index is -1.26. The summed E-state index contributed by atoms with van der Waals surface area (Å²) >= 11 is 6.25. The number of carbonyl (C=O) groups excluding carboxylic acids is 1. The van der Waals surface area contributed by atoms with Crippen molar-refractivity contribution in [1.82, 2.24) is 20.1 Å². The normalized spacial score (nSPS) is 13.0. The van der Waals surface area contributed by atoms with Crippen LogP contribution in [0.25, 0.3) is 16.6 Å². The number of benzene rings is 2. The molecule has 202 valence electrons. The predicted molar refractivity (Wildman–Crippen MR) is 143 cm³/mol. The number of aryl methyl sites for hydroxylation is 1. The molecule has 1 aliphatic rings. The number of halogens is 2. The molecule has 0 atom stereocenters. The first-order valence-electron chi connectivity index (χ1n) is 12.2. The molecule has 1 fully saturated rings. The topological polar surface area (TPSA) is 124 Å². The van der Waals surface area contributed by atoms with Crippen molar-refractivity contribution in [2.24, 2.45) is 0 Å². The number of unbranched alkanes of at least 4 members (excludes halogenated alkanes) is 1. The summed E-state index contributed by atoms with van der Waals surface area (Å²) in [4.78, 5) is 32.4. The van der Waals surface area contributed by atoms with Crippen LogP contribution in [0.2, 0.25) is 5.02 Å². The van der Waals surface area contributed by atoms with Gasteiger partial charge in [0.15, 0.2) is 0 Å². The van der Waals surface area contributed by atoms with E-state index < -0.39 is 11.9 Å². The van der Waals surface area contributed by atoms with Crippen molar-refractivity contribution in [1.29, 1.82) is 0 Å². The number of carbonyl (C=O) groups is 3. The van der Waals surface area contributed by atoms with Crippen LogP contribution in [0.5, 0.6) is 0 Å². The molecule has 0 unspecified atom stereocenters. The van der Waals surface area contributed by atoms with Gasteiger partial charge in [-0.3, -0.25) is 0 Å². The van der Waals surface area contributed by atoms with E-state index in [1.54, 1.807) is 12.1 Å². The number of hydrogen-bond acceptors (Lipinski definition) is 4. The monoisotopic (exact) mass is 544 g/mol. The minimum Gasteiger partial charge on any atom is -0.478 e. The molecule has 9 nitrogen and oxygen atoms in total. The fraction of sp³-hybridized carbons (Fsp3) is 0.296. The number of nitrogens with zero attached hydrogens (tertiary/aromatic N) is 2. The molecule has 2 heterocycles. The van der Waals surface area contributed by atoms with Gasteiger partial charge in [-0.15, -0.1) is 0 Å². The Bertz CT molecular complexity index is 1280. The number of aromatic nitrogens is 1. The molecule has 2 aromatic carbocycles. The van der Waals surface area contributed by atoms with Gasteiger partial charge < -0.3 is 30.3 Å². The van der Waals surface area contributed by atoms with Crippen LogP contribution in [0.4, 0.5) is 9.18 Å². The van der Waals surface area contributed by atoms with Gasteiger partial charge in [0.05, 0.1) is 5.52 Å². The first-order valence-corrected chi connectivity index (χ1v) is 12.5. The van der Waals surface area contributed by atoms with Gasteiger partial charge in [-0.1, -0.05) is 11.6 Å². The Morgan fingerprint density at radius 2 is 1.76 bits per heavy atom. The Labute approximate surface area is 224 Å². The predicted octanol–water partition coefficient (Wildman–Crippen LogP) is 4.07. The van der Waals surface area contributed by atoms with Crippen molar-refractivity contribution in [3.05, 3.63) is 77.2 Å². The number of hydrogen-bond donors (Lipinski definition) is 4. The highest BCUT2D eigenvalue weighted by molar-refractivity contribution is 6.31.